The topological polar surface area (TPSA) is 105 Å². The molecule has 30 heavy (non-hydrogen) atoms. The van der Waals surface area contributed by atoms with Crippen LogP contribution in [0.5, 0.6) is 0 Å². The Morgan fingerprint density at radius 3 is 2.63 bits per heavy atom. The van der Waals surface area contributed by atoms with E-state index in [-0.39, 0.29) is 24.2 Å². The standard InChI is InChI=1S/C23H31N5O2/c1-16-10-18(19-13-25-22(24)26-14-19)11-20(27-16)17-6-5-9-28(15-17)21(29)12-23(30)7-3-2-4-8-23/h10-11,13-14,17,30H,2-9,12,15H2,1H3,(H2,24,25,26). The van der Waals surface area contributed by atoms with Gasteiger partial charge in [0.05, 0.1) is 12.0 Å². The summed E-state index contributed by atoms with van der Waals surface area (Å²) in [6.07, 6.45) is 10.3. The molecule has 1 saturated heterocycles. The molecule has 2 aliphatic rings. The van der Waals surface area contributed by atoms with Crippen molar-refractivity contribution in [3.8, 4) is 11.1 Å². The number of nitrogens with two attached hydrogens (primary N) is 1. The van der Waals surface area contributed by atoms with E-state index in [2.05, 4.69) is 16.0 Å². The monoisotopic (exact) mass is 409 g/mol. The van der Waals surface area contributed by atoms with Crippen molar-refractivity contribution in [2.75, 3.05) is 18.8 Å². The molecule has 1 unspecified atom stereocenters. The van der Waals surface area contributed by atoms with Crippen molar-refractivity contribution in [2.45, 2.75) is 69.8 Å². The van der Waals surface area contributed by atoms with Gasteiger partial charge < -0.3 is 15.7 Å². The number of likely N-dealkylation sites (tertiary alicyclic amines) is 1. The molecule has 1 atom stereocenters. The van der Waals surface area contributed by atoms with Crippen molar-refractivity contribution in [3.63, 3.8) is 0 Å². The molecule has 2 aromatic heterocycles. The summed E-state index contributed by atoms with van der Waals surface area (Å²) >= 11 is 0. The first-order chi connectivity index (χ1) is 14.4. The highest BCUT2D eigenvalue weighted by Crippen LogP contribution is 2.33. The summed E-state index contributed by atoms with van der Waals surface area (Å²) in [5, 5.41) is 10.8. The molecule has 3 heterocycles. The SMILES string of the molecule is Cc1cc(-c2cnc(N)nc2)cc(C2CCCN(C(=O)CC3(O)CCCCC3)C2)n1. The number of anilines is 1. The van der Waals surface area contributed by atoms with Crippen LogP contribution in [0, 0.1) is 6.92 Å². The van der Waals surface area contributed by atoms with Gasteiger partial charge in [-0.2, -0.15) is 0 Å². The lowest BCUT2D eigenvalue weighted by atomic mass is 9.82. The number of carbonyl (C=O) groups is 1. The predicted octanol–water partition coefficient (Wildman–Crippen LogP) is 3.22. The molecule has 1 amide bonds. The van der Waals surface area contributed by atoms with Gasteiger partial charge in [0.15, 0.2) is 0 Å². The molecular formula is C23H31N5O2. The van der Waals surface area contributed by atoms with Crippen LogP contribution < -0.4 is 5.73 Å². The van der Waals surface area contributed by atoms with E-state index in [9.17, 15) is 9.90 Å². The molecule has 160 valence electrons. The van der Waals surface area contributed by atoms with E-state index in [1.165, 1.54) is 0 Å². The first kappa shape index (κ1) is 20.7. The van der Waals surface area contributed by atoms with Crippen LogP contribution in [-0.2, 0) is 4.79 Å². The Morgan fingerprint density at radius 2 is 1.90 bits per heavy atom. The molecule has 0 bridgehead atoms. The molecule has 7 heteroatoms. The summed E-state index contributed by atoms with van der Waals surface area (Å²) in [6, 6.07) is 4.10. The van der Waals surface area contributed by atoms with Crippen molar-refractivity contribution >= 4 is 11.9 Å². The Labute approximate surface area is 177 Å². The number of aliphatic hydroxyl groups is 1. The normalized spacial score (nSPS) is 21.4. The van der Waals surface area contributed by atoms with Crippen LogP contribution in [0.25, 0.3) is 11.1 Å². The van der Waals surface area contributed by atoms with Crippen molar-refractivity contribution < 1.29 is 9.90 Å². The smallest absolute Gasteiger partial charge is 0.225 e. The Balaban J connectivity index is 1.49. The fourth-order valence-corrected chi connectivity index (χ4v) is 4.78. The summed E-state index contributed by atoms with van der Waals surface area (Å²) in [7, 11) is 0. The molecular weight excluding hydrogens is 378 g/mol. The van der Waals surface area contributed by atoms with Gasteiger partial charge in [-0.25, -0.2) is 9.97 Å². The van der Waals surface area contributed by atoms with Crippen molar-refractivity contribution in [1.82, 2.24) is 19.9 Å². The highest BCUT2D eigenvalue weighted by Gasteiger charge is 2.35. The molecule has 2 fully saturated rings. The van der Waals surface area contributed by atoms with Crippen molar-refractivity contribution in [3.05, 3.63) is 35.9 Å². The molecule has 3 N–H and O–H groups in total. The number of hydrogen-bond acceptors (Lipinski definition) is 6. The average Bonchev–Trinajstić information content (AvgIpc) is 2.74. The number of nitrogens with zero attached hydrogens (tertiary/aromatic N) is 4. The number of nitrogen functional groups attached to an aromatic ring is 1. The largest absolute Gasteiger partial charge is 0.389 e. The fraction of sp³-hybridized carbons (Fsp3) is 0.565. The Morgan fingerprint density at radius 1 is 1.17 bits per heavy atom. The quantitative estimate of drug-likeness (QED) is 0.803. The second kappa shape index (κ2) is 8.68. The van der Waals surface area contributed by atoms with E-state index in [1.807, 2.05) is 17.9 Å². The summed E-state index contributed by atoms with van der Waals surface area (Å²) in [5.41, 5.74) is 8.64. The zero-order valence-corrected chi connectivity index (χ0v) is 17.7. The van der Waals surface area contributed by atoms with Gasteiger partial charge in [0.25, 0.3) is 0 Å². The number of rotatable bonds is 4. The molecule has 0 spiro atoms. The first-order valence-electron chi connectivity index (χ1n) is 11.0. The maximum Gasteiger partial charge on any atom is 0.225 e. The number of carbonyl (C=O) groups excluding carboxylic acids is 1. The lowest BCUT2D eigenvalue weighted by Crippen LogP contribution is -2.44. The minimum Gasteiger partial charge on any atom is -0.389 e. The summed E-state index contributed by atoms with van der Waals surface area (Å²) in [5.74, 6) is 0.520. The summed E-state index contributed by atoms with van der Waals surface area (Å²) < 4.78 is 0. The number of piperidine rings is 1. The number of amides is 1. The van der Waals surface area contributed by atoms with E-state index in [0.717, 1.165) is 74.0 Å². The maximum absolute atomic E-state index is 13.0. The fourth-order valence-electron chi connectivity index (χ4n) is 4.78. The Hall–Kier alpha value is -2.54. The Kier molecular flexibility index (Phi) is 5.99. The Bertz CT molecular complexity index is 893. The third kappa shape index (κ3) is 4.78. The van der Waals surface area contributed by atoms with Gasteiger partial charge in [-0.1, -0.05) is 19.3 Å². The van der Waals surface area contributed by atoms with Crippen LogP contribution in [0.2, 0.25) is 0 Å². The van der Waals surface area contributed by atoms with E-state index in [4.69, 9.17) is 10.7 Å². The lowest BCUT2D eigenvalue weighted by molar-refractivity contribution is -0.139. The molecule has 1 saturated carbocycles. The van der Waals surface area contributed by atoms with E-state index in [1.54, 1.807) is 12.4 Å². The second-order valence-corrected chi connectivity index (χ2v) is 8.89. The lowest BCUT2D eigenvalue weighted by Gasteiger charge is -2.37. The van der Waals surface area contributed by atoms with Crippen LogP contribution in [0.3, 0.4) is 0 Å². The van der Waals surface area contributed by atoms with Crippen LogP contribution in [0.15, 0.2) is 24.5 Å². The number of aromatic nitrogens is 3. The molecule has 2 aromatic rings. The van der Waals surface area contributed by atoms with E-state index in [0.29, 0.717) is 6.54 Å². The molecule has 0 aromatic carbocycles. The van der Waals surface area contributed by atoms with Crippen LogP contribution in [-0.4, -0.2) is 49.6 Å². The van der Waals surface area contributed by atoms with Gasteiger partial charge in [-0.05, 0) is 50.3 Å². The highest BCUT2D eigenvalue weighted by molar-refractivity contribution is 5.77. The minimum absolute atomic E-state index is 0.0731. The highest BCUT2D eigenvalue weighted by atomic mass is 16.3. The predicted molar refractivity (Wildman–Crippen MR) is 116 cm³/mol. The maximum atomic E-state index is 13.0. The third-order valence-electron chi connectivity index (χ3n) is 6.44. The second-order valence-electron chi connectivity index (χ2n) is 8.89. The van der Waals surface area contributed by atoms with Crippen molar-refractivity contribution in [2.24, 2.45) is 0 Å². The van der Waals surface area contributed by atoms with Gasteiger partial charge in [0.2, 0.25) is 11.9 Å². The van der Waals surface area contributed by atoms with Gasteiger partial charge >= 0.3 is 0 Å². The average molecular weight is 410 g/mol. The van der Waals surface area contributed by atoms with Gasteiger partial charge in [-0.15, -0.1) is 0 Å². The number of aryl methyl sites for hydroxylation is 1. The molecule has 0 radical (unpaired) electrons. The molecule has 1 aliphatic carbocycles. The molecule has 4 rings (SSSR count). The minimum atomic E-state index is -0.813. The zero-order valence-electron chi connectivity index (χ0n) is 17.7. The van der Waals surface area contributed by atoms with Gasteiger partial charge in [0.1, 0.15) is 0 Å². The number of pyridine rings is 1. The zero-order chi connectivity index (χ0) is 21.1. The summed E-state index contributed by atoms with van der Waals surface area (Å²) in [6.45, 7) is 3.40. The number of hydrogen-bond donors (Lipinski definition) is 2. The van der Waals surface area contributed by atoms with E-state index < -0.39 is 5.60 Å². The van der Waals surface area contributed by atoms with Crippen LogP contribution >= 0.6 is 0 Å². The van der Waals surface area contributed by atoms with Gasteiger partial charge in [0, 0.05) is 48.4 Å². The molecule has 1 aliphatic heterocycles. The summed E-state index contributed by atoms with van der Waals surface area (Å²) in [4.78, 5) is 27.8. The molecule has 7 nitrogen and oxygen atoms in total. The van der Waals surface area contributed by atoms with Gasteiger partial charge in [-0.3, -0.25) is 9.78 Å². The van der Waals surface area contributed by atoms with Crippen molar-refractivity contribution in [1.29, 1.82) is 0 Å². The van der Waals surface area contributed by atoms with E-state index >= 15 is 0 Å². The van der Waals surface area contributed by atoms with Crippen LogP contribution in [0.4, 0.5) is 5.95 Å². The third-order valence-corrected chi connectivity index (χ3v) is 6.44. The first-order valence-corrected chi connectivity index (χ1v) is 11.0. The van der Waals surface area contributed by atoms with Crippen LogP contribution in [0.1, 0.15) is 68.7 Å².